The van der Waals surface area contributed by atoms with Crippen LogP contribution in [0.3, 0.4) is 0 Å². The van der Waals surface area contributed by atoms with Crippen LogP contribution in [0, 0.1) is 0 Å². The molecule has 172 valence electrons. The first-order valence-electron chi connectivity index (χ1n) is 10.4. The summed E-state index contributed by atoms with van der Waals surface area (Å²) in [5.41, 5.74) is 2.55. The van der Waals surface area contributed by atoms with E-state index in [9.17, 15) is 9.59 Å². The Labute approximate surface area is 204 Å². The number of ether oxygens (including phenoxy) is 2. The second-order valence-corrected chi connectivity index (χ2v) is 8.23. The highest BCUT2D eigenvalue weighted by Gasteiger charge is 2.17. The average Bonchev–Trinajstić information content (AvgIpc) is 3.31. The average molecular weight is 520 g/mol. The lowest BCUT2D eigenvalue weighted by atomic mass is 10.1. The first-order chi connectivity index (χ1) is 16.5. The highest BCUT2D eigenvalue weighted by molar-refractivity contribution is 9.10. The predicted octanol–water partition coefficient (Wildman–Crippen LogP) is 5.36. The molecule has 1 aromatic heterocycles. The molecular weight excluding hydrogens is 498 g/mol. The Hall–Kier alpha value is -4.04. The predicted molar refractivity (Wildman–Crippen MR) is 136 cm³/mol. The van der Waals surface area contributed by atoms with E-state index in [1.165, 1.54) is 0 Å². The van der Waals surface area contributed by atoms with Gasteiger partial charge in [-0.15, -0.1) is 0 Å². The van der Waals surface area contributed by atoms with Gasteiger partial charge in [0.25, 0.3) is 11.8 Å². The number of aromatic amines is 1. The smallest absolute Gasteiger partial charge is 0.272 e. The molecule has 34 heavy (non-hydrogen) atoms. The van der Waals surface area contributed by atoms with Crippen molar-refractivity contribution in [3.05, 3.63) is 94.2 Å². The van der Waals surface area contributed by atoms with Crippen LogP contribution in [0.25, 0.3) is 17.0 Å². The van der Waals surface area contributed by atoms with Gasteiger partial charge in [0.05, 0.1) is 19.8 Å². The molecule has 0 bridgehead atoms. The zero-order valence-electron chi connectivity index (χ0n) is 18.5. The van der Waals surface area contributed by atoms with E-state index in [4.69, 9.17) is 9.47 Å². The van der Waals surface area contributed by atoms with Crippen LogP contribution in [0.1, 0.15) is 15.9 Å². The van der Waals surface area contributed by atoms with Crippen LogP contribution in [0.15, 0.2) is 83.1 Å². The van der Waals surface area contributed by atoms with Crippen molar-refractivity contribution in [3.8, 4) is 11.5 Å². The summed E-state index contributed by atoms with van der Waals surface area (Å²) in [7, 11) is 3.09. The summed E-state index contributed by atoms with van der Waals surface area (Å²) in [6, 6.07) is 19.7. The number of fused-ring (bicyclic) bond motifs is 1. The maximum absolute atomic E-state index is 13.3. The molecule has 1 heterocycles. The van der Waals surface area contributed by atoms with Gasteiger partial charge in [0, 0.05) is 27.9 Å². The number of hydrogen-bond acceptors (Lipinski definition) is 4. The van der Waals surface area contributed by atoms with Crippen molar-refractivity contribution < 1.29 is 19.1 Å². The number of halogens is 1. The fourth-order valence-electron chi connectivity index (χ4n) is 3.40. The third-order valence-electron chi connectivity index (χ3n) is 5.11. The molecule has 2 amide bonds. The monoisotopic (exact) mass is 519 g/mol. The number of amides is 2. The maximum atomic E-state index is 13.3. The van der Waals surface area contributed by atoms with Crippen molar-refractivity contribution in [2.75, 3.05) is 19.5 Å². The molecule has 0 spiro atoms. The second kappa shape index (κ2) is 10.3. The molecule has 3 N–H and O–H groups in total. The molecule has 3 aromatic carbocycles. The van der Waals surface area contributed by atoms with Gasteiger partial charge >= 0.3 is 0 Å². The van der Waals surface area contributed by atoms with Crippen LogP contribution >= 0.6 is 15.9 Å². The van der Waals surface area contributed by atoms with Crippen LogP contribution in [0.4, 0.5) is 5.69 Å². The Morgan fingerprint density at radius 3 is 2.38 bits per heavy atom. The van der Waals surface area contributed by atoms with Crippen LogP contribution < -0.4 is 20.1 Å². The van der Waals surface area contributed by atoms with Crippen LogP contribution in [-0.4, -0.2) is 31.0 Å². The number of carbonyl (C=O) groups excluding carboxylic acids is 2. The van der Waals surface area contributed by atoms with Crippen molar-refractivity contribution in [2.45, 2.75) is 0 Å². The van der Waals surface area contributed by atoms with E-state index in [0.29, 0.717) is 32.8 Å². The Bertz CT molecular complexity index is 1370. The van der Waals surface area contributed by atoms with E-state index in [2.05, 4.69) is 31.5 Å². The largest absolute Gasteiger partial charge is 0.497 e. The number of anilines is 1. The zero-order valence-corrected chi connectivity index (χ0v) is 20.1. The Kier molecular flexibility index (Phi) is 6.98. The lowest BCUT2D eigenvalue weighted by Gasteiger charge is -2.13. The van der Waals surface area contributed by atoms with Gasteiger partial charge in [-0.25, -0.2) is 0 Å². The Morgan fingerprint density at radius 1 is 0.941 bits per heavy atom. The number of carbonyl (C=O) groups is 2. The minimum absolute atomic E-state index is 0.0580. The number of benzene rings is 3. The van der Waals surface area contributed by atoms with E-state index in [0.717, 1.165) is 10.9 Å². The minimum atomic E-state index is -0.479. The van der Waals surface area contributed by atoms with E-state index in [1.54, 1.807) is 62.8 Å². The molecule has 0 aliphatic heterocycles. The van der Waals surface area contributed by atoms with E-state index in [-0.39, 0.29) is 5.70 Å². The van der Waals surface area contributed by atoms with Crippen molar-refractivity contribution >= 4 is 50.4 Å². The summed E-state index contributed by atoms with van der Waals surface area (Å²) in [5.74, 6) is 0.205. The van der Waals surface area contributed by atoms with Gasteiger partial charge in [-0.05, 0) is 75.4 Å². The SMILES string of the molecule is COc1cc(/C=C(/NC(=O)c2ccccc2Br)C(=O)Nc2ccc3cc[nH]c3c2)cc(OC)c1. The molecule has 4 aromatic rings. The van der Waals surface area contributed by atoms with Crippen molar-refractivity contribution in [3.63, 3.8) is 0 Å². The van der Waals surface area contributed by atoms with E-state index >= 15 is 0 Å². The lowest BCUT2D eigenvalue weighted by Crippen LogP contribution is -2.31. The molecule has 0 aliphatic rings. The summed E-state index contributed by atoms with van der Waals surface area (Å²) in [5, 5.41) is 6.62. The zero-order chi connectivity index (χ0) is 24.1. The number of rotatable bonds is 7. The molecule has 0 atom stereocenters. The number of nitrogens with one attached hydrogen (secondary N) is 3. The van der Waals surface area contributed by atoms with Crippen molar-refractivity contribution in [1.82, 2.24) is 10.3 Å². The van der Waals surface area contributed by atoms with Gasteiger partial charge in [-0.2, -0.15) is 0 Å². The standard InChI is InChI=1S/C26H22BrN3O4/c1-33-19-11-16(12-20(15-19)34-2)13-24(30-25(31)21-5-3-4-6-22(21)27)26(32)29-18-8-7-17-9-10-28-23(17)14-18/h3-15,28H,1-2H3,(H,29,32)(H,30,31)/b24-13+. The molecule has 7 nitrogen and oxygen atoms in total. The topological polar surface area (TPSA) is 92.5 Å². The molecule has 4 rings (SSSR count). The molecule has 0 fully saturated rings. The first-order valence-corrected chi connectivity index (χ1v) is 11.2. The van der Waals surface area contributed by atoms with Crippen molar-refractivity contribution in [2.24, 2.45) is 0 Å². The van der Waals surface area contributed by atoms with Crippen LogP contribution in [0.5, 0.6) is 11.5 Å². The van der Waals surface area contributed by atoms with Crippen LogP contribution in [0.2, 0.25) is 0 Å². The molecule has 0 radical (unpaired) electrons. The van der Waals surface area contributed by atoms with Crippen LogP contribution in [-0.2, 0) is 4.79 Å². The Morgan fingerprint density at radius 2 is 1.68 bits per heavy atom. The molecule has 0 saturated carbocycles. The fourth-order valence-corrected chi connectivity index (χ4v) is 3.86. The van der Waals surface area contributed by atoms with Gasteiger partial charge < -0.3 is 25.1 Å². The summed E-state index contributed by atoms with van der Waals surface area (Å²) < 4.78 is 11.3. The second-order valence-electron chi connectivity index (χ2n) is 7.37. The van der Waals surface area contributed by atoms with Gasteiger partial charge in [0.2, 0.25) is 0 Å². The van der Waals surface area contributed by atoms with Gasteiger partial charge in [-0.1, -0.05) is 18.2 Å². The highest BCUT2D eigenvalue weighted by Crippen LogP contribution is 2.25. The molecule has 0 saturated heterocycles. The molecular formula is C26H22BrN3O4. The number of methoxy groups -OCH3 is 2. The molecule has 0 aliphatic carbocycles. The molecule has 0 unspecified atom stereocenters. The quantitative estimate of drug-likeness (QED) is 0.286. The van der Waals surface area contributed by atoms with E-state index < -0.39 is 11.8 Å². The maximum Gasteiger partial charge on any atom is 0.272 e. The van der Waals surface area contributed by atoms with Gasteiger partial charge in [-0.3, -0.25) is 9.59 Å². The lowest BCUT2D eigenvalue weighted by molar-refractivity contribution is -0.113. The number of aromatic nitrogens is 1. The minimum Gasteiger partial charge on any atom is -0.497 e. The van der Waals surface area contributed by atoms with Crippen molar-refractivity contribution in [1.29, 1.82) is 0 Å². The fraction of sp³-hybridized carbons (Fsp3) is 0.0769. The number of H-pyrrole nitrogens is 1. The summed E-state index contributed by atoms with van der Waals surface area (Å²) in [6.45, 7) is 0. The normalized spacial score (nSPS) is 11.2. The van der Waals surface area contributed by atoms with Gasteiger partial charge in [0.15, 0.2) is 0 Å². The highest BCUT2D eigenvalue weighted by atomic mass is 79.9. The van der Waals surface area contributed by atoms with Gasteiger partial charge in [0.1, 0.15) is 17.2 Å². The summed E-state index contributed by atoms with van der Waals surface area (Å²) >= 11 is 3.38. The summed E-state index contributed by atoms with van der Waals surface area (Å²) in [6.07, 6.45) is 3.40. The third kappa shape index (κ3) is 5.29. The first kappa shape index (κ1) is 23.1. The summed E-state index contributed by atoms with van der Waals surface area (Å²) in [4.78, 5) is 29.4. The molecule has 8 heteroatoms. The van der Waals surface area contributed by atoms with E-state index in [1.807, 2.05) is 30.5 Å². The number of hydrogen-bond donors (Lipinski definition) is 3. The Balaban J connectivity index is 1.69. The third-order valence-corrected chi connectivity index (χ3v) is 5.80.